The maximum Gasteiger partial charge on any atom is 0.224 e. The molecular formula is C15H23ClN2O2. The topological polar surface area (TPSA) is 50.4 Å². The quantitative estimate of drug-likeness (QED) is 0.879. The van der Waals surface area contributed by atoms with Gasteiger partial charge in [0.05, 0.1) is 12.3 Å². The highest BCUT2D eigenvalue weighted by atomic mass is 35.5. The third kappa shape index (κ3) is 5.02. The van der Waals surface area contributed by atoms with Crippen LogP contribution in [-0.4, -0.2) is 25.6 Å². The van der Waals surface area contributed by atoms with Gasteiger partial charge in [-0.1, -0.05) is 12.1 Å². The second-order valence-electron chi connectivity index (χ2n) is 4.87. The Morgan fingerprint density at radius 2 is 2.05 bits per heavy atom. The Bertz CT molecular complexity index is 420. The maximum absolute atomic E-state index is 12.1. The first kappa shape index (κ1) is 16.8. The van der Waals surface area contributed by atoms with Crippen molar-refractivity contribution in [2.24, 2.45) is 5.92 Å². The number of rotatable bonds is 5. The first-order chi connectivity index (χ1) is 9.29. The monoisotopic (exact) mass is 298 g/mol. The molecule has 2 N–H and O–H groups in total. The van der Waals surface area contributed by atoms with Gasteiger partial charge in [0.25, 0.3) is 0 Å². The van der Waals surface area contributed by atoms with Crippen LogP contribution >= 0.6 is 12.4 Å². The molecule has 0 aromatic heterocycles. The zero-order valence-corrected chi connectivity index (χ0v) is 12.7. The summed E-state index contributed by atoms with van der Waals surface area (Å²) in [7, 11) is 0. The number of anilines is 1. The highest BCUT2D eigenvalue weighted by molar-refractivity contribution is 5.92. The van der Waals surface area contributed by atoms with Crippen LogP contribution in [0.25, 0.3) is 0 Å². The standard InChI is InChI=1S/C15H22N2O2.ClH/c1-2-19-14-6-4-3-5-13(14)17-15(18)11-12-7-9-16-10-8-12;/h3-6,12,16H,2,7-11H2,1H3,(H,17,18);1H. The largest absolute Gasteiger partial charge is 0.492 e. The smallest absolute Gasteiger partial charge is 0.224 e. The van der Waals surface area contributed by atoms with Crippen molar-refractivity contribution in [3.8, 4) is 5.75 Å². The zero-order valence-electron chi connectivity index (χ0n) is 11.9. The molecule has 1 aliphatic rings. The Hall–Kier alpha value is -1.26. The first-order valence-electron chi connectivity index (χ1n) is 7.02. The van der Waals surface area contributed by atoms with E-state index in [4.69, 9.17) is 4.74 Å². The number of carbonyl (C=O) groups excluding carboxylic acids is 1. The molecule has 0 spiro atoms. The molecule has 20 heavy (non-hydrogen) atoms. The van der Waals surface area contributed by atoms with Crippen molar-refractivity contribution in [3.63, 3.8) is 0 Å². The van der Waals surface area contributed by atoms with E-state index in [1.807, 2.05) is 31.2 Å². The molecule has 112 valence electrons. The Balaban J connectivity index is 0.00000200. The van der Waals surface area contributed by atoms with Crippen LogP contribution in [0.4, 0.5) is 5.69 Å². The van der Waals surface area contributed by atoms with Crippen LogP contribution in [0.3, 0.4) is 0 Å². The molecule has 0 saturated carbocycles. The average molecular weight is 299 g/mol. The van der Waals surface area contributed by atoms with Crippen LogP contribution < -0.4 is 15.4 Å². The summed E-state index contributed by atoms with van der Waals surface area (Å²) in [5, 5.41) is 6.27. The molecule has 1 aromatic carbocycles. The van der Waals surface area contributed by atoms with Crippen LogP contribution in [0.5, 0.6) is 5.75 Å². The molecule has 1 heterocycles. The van der Waals surface area contributed by atoms with Gasteiger partial charge in [-0.05, 0) is 50.9 Å². The normalized spacial score (nSPS) is 15.2. The summed E-state index contributed by atoms with van der Waals surface area (Å²) in [4.78, 5) is 12.1. The van der Waals surface area contributed by atoms with E-state index in [0.29, 0.717) is 18.9 Å². The minimum Gasteiger partial charge on any atom is -0.492 e. The van der Waals surface area contributed by atoms with Crippen LogP contribution in [-0.2, 0) is 4.79 Å². The van der Waals surface area contributed by atoms with Crippen LogP contribution in [0.1, 0.15) is 26.2 Å². The van der Waals surface area contributed by atoms with Gasteiger partial charge in [0.1, 0.15) is 5.75 Å². The lowest BCUT2D eigenvalue weighted by molar-refractivity contribution is -0.117. The third-order valence-electron chi connectivity index (χ3n) is 3.39. The Kier molecular flexibility index (Phi) is 7.41. The number of benzene rings is 1. The predicted molar refractivity (Wildman–Crippen MR) is 83.7 cm³/mol. The number of hydrogen-bond acceptors (Lipinski definition) is 3. The molecule has 1 fully saturated rings. The van der Waals surface area contributed by atoms with Gasteiger partial charge in [0.15, 0.2) is 0 Å². The van der Waals surface area contributed by atoms with Gasteiger partial charge in [0.2, 0.25) is 5.91 Å². The molecule has 2 rings (SSSR count). The lowest BCUT2D eigenvalue weighted by Gasteiger charge is -2.22. The number of para-hydroxylation sites is 2. The molecule has 5 heteroatoms. The highest BCUT2D eigenvalue weighted by Gasteiger charge is 2.17. The van der Waals surface area contributed by atoms with Crippen molar-refractivity contribution in [2.75, 3.05) is 25.0 Å². The fraction of sp³-hybridized carbons (Fsp3) is 0.533. The molecule has 0 radical (unpaired) electrons. The van der Waals surface area contributed by atoms with Gasteiger partial charge in [-0.3, -0.25) is 4.79 Å². The van der Waals surface area contributed by atoms with Crippen molar-refractivity contribution in [1.82, 2.24) is 5.32 Å². The van der Waals surface area contributed by atoms with E-state index in [2.05, 4.69) is 10.6 Å². The van der Waals surface area contributed by atoms with Crippen molar-refractivity contribution in [2.45, 2.75) is 26.2 Å². The summed E-state index contributed by atoms with van der Waals surface area (Å²) in [6.07, 6.45) is 2.77. The molecule has 0 bridgehead atoms. The van der Waals surface area contributed by atoms with E-state index < -0.39 is 0 Å². The van der Waals surface area contributed by atoms with Crippen molar-refractivity contribution < 1.29 is 9.53 Å². The van der Waals surface area contributed by atoms with E-state index in [-0.39, 0.29) is 18.3 Å². The van der Waals surface area contributed by atoms with Crippen LogP contribution in [0.15, 0.2) is 24.3 Å². The fourth-order valence-electron chi connectivity index (χ4n) is 2.40. The van der Waals surface area contributed by atoms with Crippen LogP contribution in [0, 0.1) is 5.92 Å². The number of halogens is 1. The molecule has 0 unspecified atom stereocenters. The van der Waals surface area contributed by atoms with Gasteiger partial charge in [-0.25, -0.2) is 0 Å². The summed E-state index contributed by atoms with van der Waals surface area (Å²) in [6, 6.07) is 7.57. The summed E-state index contributed by atoms with van der Waals surface area (Å²) >= 11 is 0. The number of carbonyl (C=O) groups is 1. The van der Waals surface area contributed by atoms with Gasteiger partial charge >= 0.3 is 0 Å². The molecule has 1 aromatic rings. The predicted octanol–water partition coefficient (Wildman–Crippen LogP) is 2.84. The van der Waals surface area contributed by atoms with E-state index >= 15 is 0 Å². The summed E-state index contributed by atoms with van der Waals surface area (Å²) in [5.41, 5.74) is 0.767. The van der Waals surface area contributed by atoms with Crippen molar-refractivity contribution >= 4 is 24.0 Å². The van der Waals surface area contributed by atoms with E-state index in [1.165, 1.54) is 0 Å². The molecule has 1 amide bonds. The van der Waals surface area contributed by atoms with Gasteiger partial charge in [-0.2, -0.15) is 0 Å². The zero-order chi connectivity index (χ0) is 13.5. The number of amides is 1. The fourth-order valence-corrected chi connectivity index (χ4v) is 2.40. The average Bonchev–Trinajstić information content (AvgIpc) is 2.42. The Labute approximate surface area is 126 Å². The lowest BCUT2D eigenvalue weighted by Crippen LogP contribution is -2.30. The summed E-state index contributed by atoms with van der Waals surface area (Å²) < 4.78 is 5.50. The lowest BCUT2D eigenvalue weighted by atomic mass is 9.94. The molecule has 0 atom stereocenters. The molecular weight excluding hydrogens is 276 g/mol. The maximum atomic E-state index is 12.1. The van der Waals surface area contributed by atoms with Gasteiger partial charge < -0.3 is 15.4 Å². The highest BCUT2D eigenvalue weighted by Crippen LogP contribution is 2.25. The SMILES string of the molecule is CCOc1ccccc1NC(=O)CC1CCNCC1.Cl. The Morgan fingerprint density at radius 3 is 2.75 bits per heavy atom. The second kappa shape index (κ2) is 8.82. The van der Waals surface area contributed by atoms with Crippen molar-refractivity contribution in [1.29, 1.82) is 0 Å². The summed E-state index contributed by atoms with van der Waals surface area (Å²) in [5.74, 6) is 1.32. The second-order valence-corrected chi connectivity index (χ2v) is 4.87. The number of piperidine rings is 1. The minimum absolute atomic E-state index is 0. The molecule has 1 aliphatic heterocycles. The van der Waals surface area contributed by atoms with E-state index in [9.17, 15) is 4.79 Å². The minimum atomic E-state index is 0. The van der Waals surface area contributed by atoms with Crippen molar-refractivity contribution in [3.05, 3.63) is 24.3 Å². The van der Waals surface area contributed by atoms with Gasteiger partial charge in [0, 0.05) is 6.42 Å². The number of nitrogens with one attached hydrogen (secondary N) is 2. The molecule has 4 nitrogen and oxygen atoms in total. The third-order valence-corrected chi connectivity index (χ3v) is 3.39. The number of hydrogen-bond donors (Lipinski definition) is 2. The van der Waals surface area contributed by atoms with E-state index in [0.717, 1.165) is 37.4 Å². The number of ether oxygens (including phenoxy) is 1. The van der Waals surface area contributed by atoms with Crippen LogP contribution in [0.2, 0.25) is 0 Å². The Morgan fingerprint density at radius 1 is 1.35 bits per heavy atom. The first-order valence-corrected chi connectivity index (χ1v) is 7.02. The van der Waals surface area contributed by atoms with E-state index in [1.54, 1.807) is 0 Å². The summed E-state index contributed by atoms with van der Waals surface area (Å²) in [6.45, 7) is 4.58. The molecule has 0 aliphatic carbocycles. The van der Waals surface area contributed by atoms with Gasteiger partial charge in [-0.15, -0.1) is 12.4 Å². The molecule has 1 saturated heterocycles.